The lowest BCUT2D eigenvalue weighted by Gasteiger charge is -2.37. The molecule has 1 heterocycles. The fraction of sp³-hybridized carbons (Fsp3) is 0.750. The van der Waals surface area contributed by atoms with Gasteiger partial charge in [-0.1, -0.05) is 67.9 Å². The van der Waals surface area contributed by atoms with E-state index in [0.717, 1.165) is 6.42 Å². The summed E-state index contributed by atoms with van der Waals surface area (Å²) in [5, 5.41) is 11.0. The van der Waals surface area contributed by atoms with Gasteiger partial charge in [0.2, 0.25) is 17.6 Å². The molecule has 0 bridgehead atoms. The molecular formula is C28H49N5O5. The van der Waals surface area contributed by atoms with E-state index in [-0.39, 0.29) is 23.9 Å². The second-order valence-corrected chi connectivity index (χ2v) is 12.1. The van der Waals surface area contributed by atoms with Gasteiger partial charge < -0.3 is 26.2 Å². The molecule has 1 saturated heterocycles. The number of urea groups is 1. The number of amides is 5. The first-order valence-electron chi connectivity index (χ1n) is 13.7. The van der Waals surface area contributed by atoms with E-state index < -0.39 is 47.2 Å². The topological polar surface area (TPSA) is 137 Å². The van der Waals surface area contributed by atoms with Crippen LogP contribution in [-0.2, 0) is 19.2 Å². The van der Waals surface area contributed by atoms with Crippen molar-refractivity contribution >= 4 is 29.5 Å². The summed E-state index contributed by atoms with van der Waals surface area (Å²) in [7, 11) is 0. The number of ketones is 1. The lowest BCUT2D eigenvalue weighted by molar-refractivity contribution is -0.143. The summed E-state index contributed by atoms with van der Waals surface area (Å²) in [6.45, 7) is 19.6. The molecule has 3 unspecified atom stereocenters. The molecule has 0 aromatic rings. The molecule has 1 rings (SSSR count). The predicted molar refractivity (Wildman–Crippen MR) is 148 cm³/mol. The van der Waals surface area contributed by atoms with Crippen molar-refractivity contribution in [2.45, 2.75) is 112 Å². The number of nitrogens with zero attached hydrogens (tertiary/aromatic N) is 1. The van der Waals surface area contributed by atoms with Crippen LogP contribution in [0.4, 0.5) is 4.79 Å². The summed E-state index contributed by atoms with van der Waals surface area (Å²) in [5.74, 6) is -2.34. The molecule has 0 spiro atoms. The Morgan fingerprint density at radius 3 is 2.11 bits per heavy atom. The average Bonchev–Trinajstić information content (AvgIpc) is 3.32. The Bertz CT molecular complexity index is 874. The largest absolute Gasteiger partial charge is 0.346 e. The molecule has 10 nitrogen and oxygen atoms in total. The van der Waals surface area contributed by atoms with Crippen LogP contribution in [0.5, 0.6) is 0 Å². The molecule has 0 radical (unpaired) electrons. The van der Waals surface area contributed by atoms with Crippen molar-refractivity contribution < 1.29 is 24.0 Å². The van der Waals surface area contributed by atoms with Crippen LogP contribution in [0.15, 0.2) is 12.7 Å². The number of rotatable bonds is 12. The van der Waals surface area contributed by atoms with E-state index in [4.69, 9.17) is 0 Å². The maximum absolute atomic E-state index is 13.7. The van der Waals surface area contributed by atoms with E-state index in [0.29, 0.717) is 32.2 Å². The van der Waals surface area contributed by atoms with E-state index in [1.165, 1.54) is 11.0 Å². The smallest absolute Gasteiger partial charge is 0.315 e. The van der Waals surface area contributed by atoms with Gasteiger partial charge >= 0.3 is 6.03 Å². The molecule has 1 aliphatic rings. The second-order valence-electron chi connectivity index (χ2n) is 12.1. The molecule has 10 heteroatoms. The lowest BCUT2D eigenvalue weighted by atomic mass is 9.84. The van der Waals surface area contributed by atoms with E-state index in [2.05, 4.69) is 27.8 Å². The normalized spacial score (nSPS) is 18.1. The number of Topliss-reactive ketones (excluding diaryl/α,β-unsaturated/α-hetero) is 1. The van der Waals surface area contributed by atoms with Crippen molar-refractivity contribution in [2.75, 3.05) is 13.1 Å². The molecule has 0 aromatic heterocycles. The van der Waals surface area contributed by atoms with Gasteiger partial charge in [0.15, 0.2) is 0 Å². The minimum absolute atomic E-state index is 0.0831. The zero-order chi connectivity index (χ0) is 29.3. The van der Waals surface area contributed by atoms with Crippen LogP contribution in [0.3, 0.4) is 0 Å². The van der Waals surface area contributed by atoms with Gasteiger partial charge in [0, 0.05) is 19.1 Å². The highest BCUT2D eigenvalue weighted by atomic mass is 16.2. The Balaban J connectivity index is 3.05. The van der Waals surface area contributed by atoms with E-state index in [1.54, 1.807) is 0 Å². The first kappa shape index (κ1) is 33.1. The standard InChI is InChI=1S/C28H49N5O5/c1-10-14-18(21(34)24(36)29-16-11-2)30-23(35)19-15-13-17-33(19)25(37)22(28(7,8)9)32-26(38)31-20(12-3)27(4,5)6/h11,18-20,22H,2,10,12-17H2,1,3-9H3,(H,29,36)(H,30,35)(H2,31,32,38)/t18?,19?,20-,22?/m1/s1. The maximum atomic E-state index is 13.7. The van der Waals surface area contributed by atoms with Gasteiger partial charge in [-0.2, -0.15) is 0 Å². The van der Waals surface area contributed by atoms with Crippen LogP contribution in [0.25, 0.3) is 0 Å². The number of likely N-dealkylation sites (tertiary alicyclic amines) is 1. The quantitative estimate of drug-likeness (QED) is 0.225. The molecule has 0 aromatic carbocycles. The Morgan fingerprint density at radius 1 is 0.974 bits per heavy atom. The molecule has 216 valence electrons. The summed E-state index contributed by atoms with van der Waals surface area (Å²) >= 11 is 0. The fourth-order valence-corrected chi connectivity index (χ4v) is 4.62. The molecular weight excluding hydrogens is 486 g/mol. The zero-order valence-corrected chi connectivity index (χ0v) is 24.5. The monoisotopic (exact) mass is 535 g/mol. The predicted octanol–water partition coefficient (Wildman–Crippen LogP) is 2.67. The third kappa shape index (κ3) is 9.44. The SMILES string of the molecule is C=CCNC(=O)C(=O)C(CCC)NC(=O)C1CCCN1C(=O)C(NC(=O)N[C@H](CC)C(C)(C)C)C(C)(C)C. The van der Waals surface area contributed by atoms with Gasteiger partial charge in [-0.25, -0.2) is 4.79 Å². The molecule has 1 fully saturated rings. The maximum Gasteiger partial charge on any atom is 0.315 e. The lowest BCUT2D eigenvalue weighted by Crippen LogP contribution is -2.61. The van der Waals surface area contributed by atoms with Crippen LogP contribution in [0.1, 0.15) is 87.5 Å². The minimum atomic E-state index is -0.986. The summed E-state index contributed by atoms with van der Waals surface area (Å²) < 4.78 is 0. The van der Waals surface area contributed by atoms with Crippen LogP contribution < -0.4 is 21.3 Å². The van der Waals surface area contributed by atoms with Gasteiger partial charge in [0.05, 0.1) is 6.04 Å². The number of carbonyl (C=O) groups excluding carboxylic acids is 5. The van der Waals surface area contributed by atoms with Crippen molar-refractivity contribution in [1.29, 1.82) is 0 Å². The number of carbonyl (C=O) groups is 5. The third-order valence-electron chi connectivity index (χ3n) is 6.83. The Kier molecular flexibility index (Phi) is 12.5. The van der Waals surface area contributed by atoms with E-state index in [1.807, 2.05) is 55.4 Å². The molecule has 4 atom stereocenters. The van der Waals surface area contributed by atoms with Crippen LogP contribution in [0.2, 0.25) is 0 Å². The third-order valence-corrected chi connectivity index (χ3v) is 6.83. The van der Waals surface area contributed by atoms with Crippen molar-refractivity contribution in [3.63, 3.8) is 0 Å². The summed E-state index contributed by atoms with van der Waals surface area (Å²) in [6.07, 6.45) is 4.12. The molecule has 4 N–H and O–H groups in total. The summed E-state index contributed by atoms with van der Waals surface area (Å²) in [4.78, 5) is 66.3. The first-order chi connectivity index (χ1) is 17.6. The molecule has 0 saturated carbocycles. The average molecular weight is 536 g/mol. The number of nitrogens with one attached hydrogen (secondary N) is 4. The Labute approximate surface area is 228 Å². The highest BCUT2D eigenvalue weighted by Crippen LogP contribution is 2.27. The van der Waals surface area contributed by atoms with Gasteiger partial charge in [0.25, 0.3) is 5.91 Å². The van der Waals surface area contributed by atoms with Crippen LogP contribution >= 0.6 is 0 Å². The minimum Gasteiger partial charge on any atom is -0.346 e. The highest BCUT2D eigenvalue weighted by molar-refractivity contribution is 6.38. The summed E-state index contributed by atoms with van der Waals surface area (Å²) in [6, 6.07) is -3.16. The van der Waals surface area contributed by atoms with Crippen molar-refractivity contribution in [2.24, 2.45) is 10.8 Å². The van der Waals surface area contributed by atoms with Gasteiger partial charge in [0.1, 0.15) is 12.1 Å². The van der Waals surface area contributed by atoms with Crippen molar-refractivity contribution in [1.82, 2.24) is 26.2 Å². The van der Waals surface area contributed by atoms with Gasteiger partial charge in [-0.15, -0.1) is 6.58 Å². The highest BCUT2D eigenvalue weighted by Gasteiger charge is 2.43. The summed E-state index contributed by atoms with van der Waals surface area (Å²) in [5.41, 5.74) is -0.772. The van der Waals surface area contributed by atoms with Crippen LogP contribution in [0, 0.1) is 10.8 Å². The molecule has 0 aliphatic carbocycles. The van der Waals surface area contributed by atoms with Crippen LogP contribution in [-0.4, -0.2) is 71.7 Å². The zero-order valence-electron chi connectivity index (χ0n) is 24.5. The van der Waals surface area contributed by atoms with E-state index in [9.17, 15) is 24.0 Å². The fourth-order valence-electron chi connectivity index (χ4n) is 4.62. The molecule has 38 heavy (non-hydrogen) atoms. The van der Waals surface area contributed by atoms with Crippen molar-refractivity contribution in [3.05, 3.63) is 12.7 Å². The Hall–Kier alpha value is -2.91. The molecule has 5 amide bonds. The van der Waals surface area contributed by atoms with Gasteiger partial charge in [-0.05, 0) is 36.5 Å². The second kappa shape index (κ2) is 14.3. The first-order valence-corrected chi connectivity index (χ1v) is 13.7. The van der Waals surface area contributed by atoms with Crippen molar-refractivity contribution in [3.8, 4) is 0 Å². The molecule has 1 aliphatic heterocycles. The van der Waals surface area contributed by atoms with E-state index >= 15 is 0 Å². The number of hydrogen-bond donors (Lipinski definition) is 4. The number of hydrogen-bond acceptors (Lipinski definition) is 5. The Morgan fingerprint density at radius 2 is 1.61 bits per heavy atom. The van der Waals surface area contributed by atoms with Gasteiger partial charge in [-0.3, -0.25) is 19.2 Å².